The Kier molecular flexibility index (Phi) is 5.07. The van der Waals surface area contributed by atoms with Crippen LogP contribution in [0.4, 0.5) is 13.2 Å². The molecule has 1 aliphatic carbocycles. The van der Waals surface area contributed by atoms with E-state index in [2.05, 4.69) is 21.2 Å². The summed E-state index contributed by atoms with van der Waals surface area (Å²) in [6, 6.07) is 1.42. The Balaban J connectivity index is 2.11. The SMILES string of the molecule is O=C(NC1CCCCC1CBr)c1cc(F)c(F)c(F)c1. The van der Waals surface area contributed by atoms with E-state index in [0.29, 0.717) is 5.92 Å². The van der Waals surface area contributed by atoms with Gasteiger partial charge in [-0.3, -0.25) is 4.79 Å². The van der Waals surface area contributed by atoms with E-state index in [0.717, 1.165) is 43.1 Å². The average Bonchev–Trinajstić information content (AvgIpc) is 2.44. The fraction of sp³-hybridized carbons (Fsp3) is 0.500. The monoisotopic (exact) mass is 349 g/mol. The van der Waals surface area contributed by atoms with Crippen LogP contribution in [-0.2, 0) is 0 Å². The molecule has 1 aliphatic rings. The van der Waals surface area contributed by atoms with Crippen molar-refractivity contribution < 1.29 is 18.0 Å². The Morgan fingerprint density at radius 2 is 1.80 bits per heavy atom. The predicted molar refractivity (Wildman–Crippen MR) is 73.3 cm³/mol. The van der Waals surface area contributed by atoms with Crippen molar-refractivity contribution in [2.75, 3.05) is 5.33 Å². The summed E-state index contributed by atoms with van der Waals surface area (Å²) in [5.74, 6) is -4.52. The van der Waals surface area contributed by atoms with Crippen molar-refractivity contribution in [1.82, 2.24) is 5.32 Å². The summed E-state index contributed by atoms with van der Waals surface area (Å²) < 4.78 is 39.1. The summed E-state index contributed by atoms with van der Waals surface area (Å²) in [4.78, 5) is 12.0. The van der Waals surface area contributed by atoms with Gasteiger partial charge in [0, 0.05) is 16.9 Å². The second kappa shape index (κ2) is 6.61. The molecule has 0 bridgehead atoms. The number of halogens is 4. The molecule has 1 fully saturated rings. The smallest absolute Gasteiger partial charge is 0.251 e. The summed E-state index contributed by atoms with van der Waals surface area (Å²) >= 11 is 3.41. The van der Waals surface area contributed by atoms with E-state index in [1.165, 1.54) is 0 Å². The van der Waals surface area contributed by atoms with Crippen LogP contribution in [0.2, 0.25) is 0 Å². The minimum atomic E-state index is -1.56. The molecule has 1 saturated carbocycles. The molecular formula is C14H15BrF3NO. The fourth-order valence-electron chi connectivity index (χ4n) is 2.52. The van der Waals surface area contributed by atoms with Gasteiger partial charge in [-0.25, -0.2) is 13.2 Å². The lowest BCUT2D eigenvalue weighted by atomic mass is 9.86. The maximum Gasteiger partial charge on any atom is 0.251 e. The number of amides is 1. The third-order valence-electron chi connectivity index (χ3n) is 3.67. The van der Waals surface area contributed by atoms with Crippen molar-refractivity contribution in [3.05, 3.63) is 35.1 Å². The Morgan fingerprint density at radius 1 is 1.20 bits per heavy atom. The van der Waals surface area contributed by atoms with Crippen LogP contribution in [0.1, 0.15) is 36.0 Å². The van der Waals surface area contributed by atoms with Gasteiger partial charge in [0.15, 0.2) is 17.5 Å². The molecule has 2 unspecified atom stereocenters. The number of benzene rings is 1. The second-order valence-corrected chi connectivity index (χ2v) is 5.68. The number of hydrogen-bond acceptors (Lipinski definition) is 1. The van der Waals surface area contributed by atoms with E-state index >= 15 is 0 Å². The van der Waals surface area contributed by atoms with E-state index in [-0.39, 0.29) is 11.6 Å². The molecule has 0 saturated heterocycles. The summed E-state index contributed by atoms with van der Waals surface area (Å²) in [5, 5.41) is 3.55. The van der Waals surface area contributed by atoms with Crippen molar-refractivity contribution >= 4 is 21.8 Å². The lowest BCUT2D eigenvalue weighted by Crippen LogP contribution is -2.42. The maximum absolute atomic E-state index is 13.1. The summed E-state index contributed by atoms with van der Waals surface area (Å²) in [6.45, 7) is 0. The van der Waals surface area contributed by atoms with Gasteiger partial charge in [0.2, 0.25) is 0 Å². The zero-order valence-electron chi connectivity index (χ0n) is 10.8. The molecule has 2 rings (SSSR count). The van der Waals surface area contributed by atoms with Crippen LogP contribution in [0.3, 0.4) is 0 Å². The van der Waals surface area contributed by atoms with Crippen LogP contribution in [0.5, 0.6) is 0 Å². The first-order chi connectivity index (χ1) is 9.52. The van der Waals surface area contributed by atoms with Crippen LogP contribution < -0.4 is 5.32 Å². The molecule has 0 aromatic heterocycles. The van der Waals surface area contributed by atoms with Gasteiger partial charge in [-0.15, -0.1) is 0 Å². The zero-order valence-corrected chi connectivity index (χ0v) is 12.4. The minimum absolute atomic E-state index is 0.0215. The molecule has 0 spiro atoms. The first kappa shape index (κ1) is 15.4. The van der Waals surface area contributed by atoms with Gasteiger partial charge in [-0.05, 0) is 30.9 Å². The zero-order chi connectivity index (χ0) is 14.7. The van der Waals surface area contributed by atoms with Crippen LogP contribution in [0.25, 0.3) is 0 Å². The normalized spacial score (nSPS) is 22.6. The minimum Gasteiger partial charge on any atom is -0.349 e. The van der Waals surface area contributed by atoms with Gasteiger partial charge in [0.1, 0.15) is 0 Å². The van der Waals surface area contributed by atoms with Crippen molar-refractivity contribution in [2.45, 2.75) is 31.7 Å². The molecule has 1 N–H and O–H groups in total. The van der Waals surface area contributed by atoms with Gasteiger partial charge in [0.05, 0.1) is 0 Å². The lowest BCUT2D eigenvalue weighted by Gasteiger charge is -2.31. The molecule has 6 heteroatoms. The Morgan fingerprint density at radius 3 is 2.40 bits per heavy atom. The predicted octanol–water partition coefficient (Wildman–Crippen LogP) is 3.79. The van der Waals surface area contributed by atoms with E-state index in [1.807, 2.05) is 0 Å². The van der Waals surface area contributed by atoms with Gasteiger partial charge in [-0.2, -0.15) is 0 Å². The fourth-order valence-corrected chi connectivity index (χ4v) is 3.30. The largest absolute Gasteiger partial charge is 0.349 e. The molecule has 110 valence electrons. The molecule has 1 amide bonds. The van der Waals surface area contributed by atoms with Crippen LogP contribution >= 0.6 is 15.9 Å². The molecule has 1 aromatic carbocycles. The molecule has 20 heavy (non-hydrogen) atoms. The highest BCUT2D eigenvalue weighted by molar-refractivity contribution is 9.09. The van der Waals surface area contributed by atoms with Crippen LogP contribution in [-0.4, -0.2) is 17.3 Å². The van der Waals surface area contributed by atoms with E-state index in [4.69, 9.17) is 0 Å². The van der Waals surface area contributed by atoms with E-state index < -0.39 is 23.4 Å². The lowest BCUT2D eigenvalue weighted by molar-refractivity contribution is 0.0910. The number of nitrogens with one attached hydrogen (secondary N) is 1. The molecule has 0 radical (unpaired) electrons. The van der Waals surface area contributed by atoms with Crippen molar-refractivity contribution in [1.29, 1.82) is 0 Å². The average molecular weight is 350 g/mol. The standard InChI is InChI=1S/C14H15BrF3NO/c15-7-8-3-1-2-4-12(8)19-14(20)9-5-10(16)13(18)11(17)6-9/h5-6,8,12H,1-4,7H2,(H,19,20). The number of alkyl halides is 1. The number of hydrogen-bond donors (Lipinski definition) is 1. The van der Waals surface area contributed by atoms with Crippen LogP contribution in [0, 0.1) is 23.4 Å². The number of carbonyl (C=O) groups is 1. The first-order valence-electron chi connectivity index (χ1n) is 6.54. The molecule has 1 aromatic rings. The summed E-state index contributed by atoms with van der Waals surface area (Å²) in [5.41, 5.74) is -0.194. The Bertz CT molecular complexity index is 486. The van der Waals surface area contributed by atoms with E-state index in [9.17, 15) is 18.0 Å². The van der Waals surface area contributed by atoms with Crippen LogP contribution in [0.15, 0.2) is 12.1 Å². The molecular weight excluding hydrogens is 335 g/mol. The third kappa shape index (κ3) is 3.34. The van der Waals surface area contributed by atoms with Crippen molar-refractivity contribution in [3.8, 4) is 0 Å². The van der Waals surface area contributed by atoms with Gasteiger partial charge < -0.3 is 5.32 Å². The molecule has 2 atom stereocenters. The van der Waals surface area contributed by atoms with Gasteiger partial charge in [-0.1, -0.05) is 28.8 Å². The Hall–Kier alpha value is -1.04. The number of carbonyl (C=O) groups excluding carboxylic acids is 1. The molecule has 0 heterocycles. The first-order valence-corrected chi connectivity index (χ1v) is 7.66. The van der Waals surface area contributed by atoms with Gasteiger partial charge >= 0.3 is 0 Å². The topological polar surface area (TPSA) is 29.1 Å². The van der Waals surface area contributed by atoms with Gasteiger partial charge in [0.25, 0.3) is 5.91 Å². The van der Waals surface area contributed by atoms with Crippen molar-refractivity contribution in [3.63, 3.8) is 0 Å². The quantitative estimate of drug-likeness (QED) is 0.652. The Labute approximate surface area is 123 Å². The highest BCUT2D eigenvalue weighted by Gasteiger charge is 2.26. The summed E-state index contributed by atoms with van der Waals surface area (Å²) in [7, 11) is 0. The number of rotatable bonds is 3. The second-order valence-electron chi connectivity index (χ2n) is 5.03. The van der Waals surface area contributed by atoms with Crippen molar-refractivity contribution in [2.24, 2.45) is 5.92 Å². The third-order valence-corrected chi connectivity index (χ3v) is 4.50. The summed E-state index contributed by atoms with van der Waals surface area (Å²) in [6.07, 6.45) is 3.97. The maximum atomic E-state index is 13.1. The highest BCUT2D eigenvalue weighted by atomic mass is 79.9. The van der Waals surface area contributed by atoms with E-state index in [1.54, 1.807) is 0 Å². The molecule has 0 aliphatic heterocycles. The molecule has 2 nitrogen and oxygen atoms in total. The highest BCUT2D eigenvalue weighted by Crippen LogP contribution is 2.26.